The molecule has 15 heavy (non-hydrogen) atoms. The highest BCUT2D eigenvalue weighted by Crippen LogP contribution is 2.18. The fourth-order valence-corrected chi connectivity index (χ4v) is 1.99. The number of rotatable bonds is 2. The predicted molar refractivity (Wildman–Crippen MR) is 59.7 cm³/mol. The monoisotopic (exact) mass is 210 g/mol. The van der Waals surface area contributed by atoms with Crippen LogP contribution in [0.5, 0.6) is 0 Å². The maximum Gasteiger partial charge on any atom is 0.246 e. The number of aromatic nitrogens is 3. The van der Waals surface area contributed by atoms with Crippen LogP contribution in [-0.2, 0) is 0 Å². The van der Waals surface area contributed by atoms with Crippen molar-refractivity contribution < 1.29 is 0 Å². The minimum absolute atomic E-state index is 0.389. The highest BCUT2D eigenvalue weighted by molar-refractivity contribution is 5.34. The summed E-state index contributed by atoms with van der Waals surface area (Å²) in [6.07, 6.45) is 2.31. The van der Waals surface area contributed by atoms with Crippen molar-refractivity contribution in [2.45, 2.75) is 18.9 Å². The van der Waals surface area contributed by atoms with E-state index in [0.29, 0.717) is 12.0 Å². The Hall–Kier alpha value is -1.30. The van der Waals surface area contributed by atoms with E-state index in [-0.39, 0.29) is 0 Å². The van der Waals surface area contributed by atoms with E-state index in [4.69, 9.17) is 5.73 Å². The van der Waals surface area contributed by atoms with Gasteiger partial charge in [0.25, 0.3) is 0 Å². The zero-order chi connectivity index (χ0) is 10.8. The summed E-state index contributed by atoms with van der Waals surface area (Å²) >= 11 is 0. The molecule has 0 aliphatic carbocycles. The van der Waals surface area contributed by atoms with Gasteiger partial charge in [-0.15, -0.1) is 5.10 Å². The van der Waals surface area contributed by atoms with E-state index in [2.05, 4.69) is 39.1 Å². The lowest BCUT2D eigenvalue weighted by Gasteiger charge is -2.34. The second kappa shape index (κ2) is 4.06. The molecule has 1 fully saturated rings. The Morgan fingerprint density at radius 3 is 2.53 bits per heavy atom. The minimum atomic E-state index is 0.389. The molecule has 0 unspecified atom stereocenters. The smallest absolute Gasteiger partial charge is 0.246 e. The Bertz CT molecular complexity index is 312. The first-order valence-electron chi connectivity index (χ1n) is 5.26. The maximum absolute atomic E-state index is 5.50. The number of H-pyrrole nitrogens is 1. The molecule has 84 valence electrons. The molecule has 0 amide bonds. The van der Waals surface area contributed by atoms with Gasteiger partial charge in [0.05, 0.1) is 0 Å². The summed E-state index contributed by atoms with van der Waals surface area (Å²) in [6.45, 7) is 2.00. The quantitative estimate of drug-likeness (QED) is 0.714. The van der Waals surface area contributed by atoms with Crippen LogP contribution in [0.2, 0.25) is 0 Å². The maximum atomic E-state index is 5.50. The normalized spacial score (nSPS) is 18.7. The predicted octanol–water partition coefficient (Wildman–Crippen LogP) is -0.0827. The van der Waals surface area contributed by atoms with E-state index in [1.54, 1.807) is 0 Å². The average Bonchev–Trinajstić information content (AvgIpc) is 2.65. The van der Waals surface area contributed by atoms with E-state index in [1.165, 1.54) is 0 Å². The van der Waals surface area contributed by atoms with Gasteiger partial charge in [0.15, 0.2) is 0 Å². The van der Waals surface area contributed by atoms with Gasteiger partial charge in [-0.25, -0.2) is 5.10 Å². The van der Waals surface area contributed by atoms with Crippen LogP contribution < -0.4 is 10.6 Å². The molecule has 1 aromatic heterocycles. The number of nitrogens with two attached hydrogens (primary N) is 1. The molecule has 2 rings (SSSR count). The lowest BCUT2D eigenvalue weighted by atomic mass is 10.0. The molecule has 3 N–H and O–H groups in total. The molecule has 0 radical (unpaired) electrons. The van der Waals surface area contributed by atoms with Gasteiger partial charge in [0, 0.05) is 19.1 Å². The van der Waals surface area contributed by atoms with Gasteiger partial charge >= 0.3 is 0 Å². The van der Waals surface area contributed by atoms with E-state index in [0.717, 1.165) is 31.9 Å². The lowest BCUT2D eigenvalue weighted by molar-refractivity contribution is 0.249. The second-order valence-corrected chi connectivity index (χ2v) is 4.20. The summed E-state index contributed by atoms with van der Waals surface area (Å²) in [7, 11) is 4.26. The average molecular weight is 210 g/mol. The topological polar surface area (TPSA) is 74.1 Å². The molecule has 1 aromatic rings. The number of aromatic amines is 1. The summed E-state index contributed by atoms with van der Waals surface area (Å²) in [6, 6.07) is 0.678. The van der Waals surface area contributed by atoms with Crippen LogP contribution in [-0.4, -0.2) is 53.3 Å². The van der Waals surface area contributed by atoms with Crippen molar-refractivity contribution in [2.75, 3.05) is 37.8 Å². The van der Waals surface area contributed by atoms with Crippen LogP contribution >= 0.6 is 0 Å². The fraction of sp³-hybridized carbons (Fsp3) is 0.778. The first-order chi connectivity index (χ1) is 7.16. The van der Waals surface area contributed by atoms with Crippen molar-refractivity contribution in [3.8, 4) is 0 Å². The van der Waals surface area contributed by atoms with Crippen LogP contribution in [0.1, 0.15) is 12.8 Å². The summed E-state index contributed by atoms with van der Waals surface area (Å²) < 4.78 is 0. The van der Waals surface area contributed by atoms with Gasteiger partial charge in [0.2, 0.25) is 11.9 Å². The molecule has 0 bridgehead atoms. The molecule has 6 nitrogen and oxygen atoms in total. The molecule has 0 spiro atoms. The van der Waals surface area contributed by atoms with E-state index in [1.807, 2.05) is 0 Å². The van der Waals surface area contributed by atoms with Gasteiger partial charge in [0.1, 0.15) is 0 Å². The number of nitrogen functional groups attached to an aromatic ring is 1. The highest BCUT2D eigenvalue weighted by atomic mass is 15.4. The SMILES string of the molecule is CN(C)C1CCN(c2n[nH]c(N)n2)CC1. The molecular weight excluding hydrogens is 192 g/mol. The third kappa shape index (κ3) is 2.20. The summed E-state index contributed by atoms with van der Waals surface area (Å²) in [5, 5.41) is 6.73. The third-order valence-corrected chi connectivity index (χ3v) is 2.97. The van der Waals surface area contributed by atoms with Crippen LogP contribution in [0.4, 0.5) is 11.9 Å². The Morgan fingerprint density at radius 1 is 1.40 bits per heavy atom. The largest absolute Gasteiger partial charge is 0.368 e. The van der Waals surface area contributed by atoms with E-state index in [9.17, 15) is 0 Å². The van der Waals surface area contributed by atoms with E-state index >= 15 is 0 Å². The summed E-state index contributed by atoms with van der Waals surface area (Å²) in [5.41, 5.74) is 5.50. The van der Waals surface area contributed by atoms with Gasteiger partial charge in [-0.05, 0) is 26.9 Å². The van der Waals surface area contributed by atoms with Crippen molar-refractivity contribution in [1.82, 2.24) is 20.1 Å². The Kier molecular flexibility index (Phi) is 2.77. The molecule has 1 aliphatic rings. The zero-order valence-electron chi connectivity index (χ0n) is 9.27. The molecule has 2 heterocycles. The molecular formula is C9H18N6. The number of hydrogen-bond acceptors (Lipinski definition) is 5. The molecule has 0 aromatic carbocycles. The van der Waals surface area contributed by atoms with E-state index < -0.39 is 0 Å². The van der Waals surface area contributed by atoms with Gasteiger partial charge in [-0.1, -0.05) is 0 Å². The Balaban J connectivity index is 1.93. The highest BCUT2D eigenvalue weighted by Gasteiger charge is 2.22. The van der Waals surface area contributed by atoms with Gasteiger partial charge < -0.3 is 15.5 Å². The summed E-state index contributed by atoms with van der Waals surface area (Å²) in [5.74, 6) is 1.12. The third-order valence-electron chi connectivity index (χ3n) is 2.97. The Morgan fingerprint density at radius 2 is 2.07 bits per heavy atom. The second-order valence-electron chi connectivity index (χ2n) is 4.20. The summed E-state index contributed by atoms with van der Waals surface area (Å²) in [4.78, 5) is 8.58. The molecule has 0 saturated carbocycles. The van der Waals surface area contributed by atoms with Crippen molar-refractivity contribution in [1.29, 1.82) is 0 Å². The van der Waals surface area contributed by atoms with Crippen molar-refractivity contribution in [3.63, 3.8) is 0 Å². The fourth-order valence-electron chi connectivity index (χ4n) is 1.99. The first-order valence-corrected chi connectivity index (χ1v) is 5.26. The first kappa shape index (κ1) is 10.2. The van der Waals surface area contributed by atoms with Crippen LogP contribution in [0.15, 0.2) is 0 Å². The number of nitrogens with one attached hydrogen (secondary N) is 1. The molecule has 0 atom stereocenters. The molecule has 6 heteroatoms. The van der Waals surface area contributed by atoms with Crippen LogP contribution in [0.25, 0.3) is 0 Å². The lowest BCUT2D eigenvalue weighted by Crippen LogP contribution is -2.42. The zero-order valence-corrected chi connectivity index (χ0v) is 9.27. The van der Waals surface area contributed by atoms with Gasteiger partial charge in [-0.2, -0.15) is 4.98 Å². The van der Waals surface area contributed by atoms with Gasteiger partial charge in [-0.3, -0.25) is 0 Å². The molecule has 1 aliphatic heterocycles. The standard InChI is InChI=1S/C9H18N6/c1-14(2)7-3-5-15(6-4-7)9-11-8(10)12-13-9/h7H,3-6H2,1-2H3,(H3,10,11,12,13). The van der Waals surface area contributed by atoms with Crippen molar-refractivity contribution in [2.24, 2.45) is 0 Å². The van der Waals surface area contributed by atoms with Crippen molar-refractivity contribution in [3.05, 3.63) is 0 Å². The Labute approximate surface area is 89.5 Å². The number of hydrogen-bond donors (Lipinski definition) is 2. The van der Waals surface area contributed by atoms with Crippen LogP contribution in [0, 0.1) is 0 Å². The van der Waals surface area contributed by atoms with Crippen LogP contribution in [0.3, 0.4) is 0 Å². The molecule has 1 saturated heterocycles. The number of nitrogens with zero attached hydrogens (tertiary/aromatic N) is 4. The number of piperidine rings is 1. The number of anilines is 2. The minimum Gasteiger partial charge on any atom is -0.368 e. The van der Waals surface area contributed by atoms with Crippen molar-refractivity contribution >= 4 is 11.9 Å².